The molecule has 0 amide bonds. The van der Waals surface area contributed by atoms with Gasteiger partial charge < -0.3 is 10.6 Å². The molecule has 22 heavy (non-hydrogen) atoms. The van der Waals surface area contributed by atoms with Crippen LogP contribution in [0.15, 0.2) is 4.99 Å². The maximum Gasteiger partial charge on any atom is 0.213 e. The van der Waals surface area contributed by atoms with E-state index in [0.29, 0.717) is 24.5 Å². The molecule has 132 valence electrons. The first kappa shape index (κ1) is 21.9. The number of aliphatic imine (C=N–C) groups is 1. The van der Waals surface area contributed by atoms with E-state index in [9.17, 15) is 8.42 Å². The molecule has 0 aliphatic heterocycles. The number of nitrogens with one attached hydrogen (secondary N) is 3. The minimum Gasteiger partial charge on any atom is -0.357 e. The predicted octanol–water partition coefficient (Wildman–Crippen LogP) is 1.68. The van der Waals surface area contributed by atoms with Crippen LogP contribution in [0, 0.1) is 5.92 Å². The highest BCUT2D eigenvalue weighted by atomic mass is 127. The van der Waals surface area contributed by atoms with Crippen LogP contribution in [0.5, 0.6) is 0 Å². The van der Waals surface area contributed by atoms with Crippen LogP contribution in [0.3, 0.4) is 0 Å². The van der Waals surface area contributed by atoms with Gasteiger partial charge in [0.15, 0.2) is 5.96 Å². The smallest absolute Gasteiger partial charge is 0.213 e. The SMILES string of the molecule is CCNC(=NCCS(=O)(=O)NCC1CCC1)NC(C)CC.I. The molecule has 3 N–H and O–H groups in total. The van der Waals surface area contributed by atoms with Crippen LogP contribution in [-0.4, -0.2) is 45.8 Å². The molecule has 1 aliphatic carbocycles. The Balaban J connectivity index is 0.00000441. The molecular formula is C14H31IN4O2S. The lowest BCUT2D eigenvalue weighted by molar-refractivity contribution is 0.316. The van der Waals surface area contributed by atoms with Crippen molar-refractivity contribution >= 4 is 40.0 Å². The normalized spacial score (nSPS) is 17.3. The lowest BCUT2D eigenvalue weighted by Crippen LogP contribution is -2.42. The minimum atomic E-state index is -3.21. The number of halogens is 1. The van der Waals surface area contributed by atoms with Crippen LogP contribution in [0.25, 0.3) is 0 Å². The maximum absolute atomic E-state index is 11.9. The van der Waals surface area contributed by atoms with Crippen molar-refractivity contribution in [2.75, 3.05) is 25.4 Å². The number of rotatable bonds is 9. The van der Waals surface area contributed by atoms with E-state index in [1.165, 1.54) is 6.42 Å². The fourth-order valence-electron chi connectivity index (χ4n) is 1.95. The molecule has 1 atom stereocenters. The second kappa shape index (κ2) is 11.4. The summed E-state index contributed by atoms with van der Waals surface area (Å²) in [5.74, 6) is 1.25. The van der Waals surface area contributed by atoms with Crippen molar-refractivity contribution in [3.63, 3.8) is 0 Å². The standard InChI is InChI=1S/C14H30N4O2S.HI/c1-4-12(3)18-14(15-5-2)16-9-10-21(19,20)17-11-13-7-6-8-13;/h12-13,17H,4-11H2,1-3H3,(H2,15,16,18);1H. The van der Waals surface area contributed by atoms with Gasteiger partial charge in [0.1, 0.15) is 0 Å². The number of nitrogens with zero attached hydrogens (tertiary/aromatic N) is 1. The Kier molecular flexibility index (Phi) is 11.4. The van der Waals surface area contributed by atoms with Crippen LogP contribution >= 0.6 is 24.0 Å². The second-order valence-electron chi connectivity index (χ2n) is 5.68. The zero-order chi connectivity index (χ0) is 15.7. The van der Waals surface area contributed by atoms with E-state index in [1.54, 1.807) is 0 Å². The van der Waals surface area contributed by atoms with E-state index < -0.39 is 10.0 Å². The summed E-state index contributed by atoms with van der Waals surface area (Å²) in [6.45, 7) is 7.77. The molecule has 0 aromatic rings. The Hall–Kier alpha value is -0.0900. The zero-order valence-electron chi connectivity index (χ0n) is 13.9. The van der Waals surface area contributed by atoms with E-state index in [1.807, 2.05) is 6.92 Å². The van der Waals surface area contributed by atoms with Gasteiger partial charge in [-0.1, -0.05) is 13.3 Å². The van der Waals surface area contributed by atoms with Crippen LogP contribution in [-0.2, 0) is 10.0 Å². The summed E-state index contributed by atoms with van der Waals surface area (Å²) in [6.07, 6.45) is 4.50. The summed E-state index contributed by atoms with van der Waals surface area (Å²) >= 11 is 0. The third-order valence-corrected chi connectivity index (χ3v) is 5.11. The first-order chi connectivity index (χ1) is 9.96. The fourth-order valence-corrected chi connectivity index (χ4v) is 2.91. The Morgan fingerprint density at radius 3 is 2.50 bits per heavy atom. The van der Waals surface area contributed by atoms with Gasteiger partial charge >= 0.3 is 0 Å². The molecule has 1 aliphatic rings. The summed E-state index contributed by atoms with van der Waals surface area (Å²) in [4.78, 5) is 4.32. The van der Waals surface area contributed by atoms with Gasteiger partial charge in [-0.05, 0) is 39.0 Å². The van der Waals surface area contributed by atoms with Crippen molar-refractivity contribution in [3.8, 4) is 0 Å². The van der Waals surface area contributed by atoms with E-state index in [0.717, 1.165) is 25.8 Å². The summed E-state index contributed by atoms with van der Waals surface area (Å²) < 4.78 is 26.4. The highest BCUT2D eigenvalue weighted by Gasteiger charge is 2.19. The van der Waals surface area contributed by atoms with Gasteiger partial charge in [-0.2, -0.15) is 0 Å². The van der Waals surface area contributed by atoms with Crippen molar-refractivity contribution in [2.45, 2.75) is 52.5 Å². The molecule has 1 fully saturated rings. The van der Waals surface area contributed by atoms with Crippen molar-refractivity contribution in [2.24, 2.45) is 10.9 Å². The Labute approximate surface area is 152 Å². The van der Waals surface area contributed by atoms with E-state index in [2.05, 4.69) is 34.2 Å². The third-order valence-electron chi connectivity index (χ3n) is 3.79. The Morgan fingerprint density at radius 2 is 2.00 bits per heavy atom. The van der Waals surface area contributed by atoms with Gasteiger partial charge in [0.05, 0.1) is 12.3 Å². The largest absolute Gasteiger partial charge is 0.357 e. The van der Waals surface area contributed by atoms with Gasteiger partial charge in [0, 0.05) is 19.1 Å². The Bertz CT molecular complexity index is 425. The topological polar surface area (TPSA) is 82.6 Å². The monoisotopic (exact) mass is 446 g/mol. The molecule has 0 heterocycles. The molecular weight excluding hydrogens is 415 g/mol. The van der Waals surface area contributed by atoms with Gasteiger partial charge in [-0.3, -0.25) is 4.99 Å². The quantitative estimate of drug-likeness (QED) is 0.286. The number of sulfonamides is 1. The summed E-state index contributed by atoms with van der Waals surface area (Å²) in [6, 6.07) is 0.316. The fraction of sp³-hybridized carbons (Fsp3) is 0.929. The van der Waals surface area contributed by atoms with E-state index in [4.69, 9.17) is 0 Å². The van der Waals surface area contributed by atoms with Crippen molar-refractivity contribution in [1.82, 2.24) is 15.4 Å². The molecule has 8 heteroatoms. The molecule has 0 bridgehead atoms. The van der Waals surface area contributed by atoms with Gasteiger partial charge in [-0.25, -0.2) is 13.1 Å². The lowest BCUT2D eigenvalue weighted by atomic mass is 9.86. The number of hydrogen-bond acceptors (Lipinski definition) is 3. The number of guanidine groups is 1. The average Bonchev–Trinajstić information content (AvgIpc) is 2.36. The van der Waals surface area contributed by atoms with Crippen molar-refractivity contribution in [1.29, 1.82) is 0 Å². The summed E-state index contributed by atoms with van der Waals surface area (Å²) in [7, 11) is -3.21. The van der Waals surface area contributed by atoms with Gasteiger partial charge in [0.25, 0.3) is 0 Å². The van der Waals surface area contributed by atoms with Crippen LogP contribution in [0.4, 0.5) is 0 Å². The molecule has 0 radical (unpaired) electrons. The maximum atomic E-state index is 11.9. The van der Waals surface area contributed by atoms with Gasteiger partial charge in [0.2, 0.25) is 10.0 Å². The Morgan fingerprint density at radius 1 is 1.32 bits per heavy atom. The highest BCUT2D eigenvalue weighted by Crippen LogP contribution is 2.25. The molecule has 0 aromatic heterocycles. The molecule has 6 nitrogen and oxygen atoms in total. The van der Waals surface area contributed by atoms with E-state index >= 15 is 0 Å². The second-order valence-corrected chi connectivity index (χ2v) is 7.60. The van der Waals surface area contributed by atoms with Crippen LogP contribution in [0.1, 0.15) is 46.5 Å². The zero-order valence-corrected chi connectivity index (χ0v) is 17.0. The van der Waals surface area contributed by atoms with Crippen LogP contribution < -0.4 is 15.4 Å². The molecule has 1 rings (SSSR count). The molecule has 1 saturated carbocycles. The molecule has 1 unspecified atom stereocenters. The lowest BCUT2D eigenvalue weighted by Gasteiger charge is -2.25. The van der Waals surface area contributed by atoms with Crippen molar-refractivity contribution < 1.29 is 8.42 Å². The third kappa shape index (κ3) is 9.14. The summed E-state index contributed by atoms with van der Waals surface area (Å²) in [5, 5.41) is 6.37. The van der Waals surface area contributed by atoms with Crippen molar-refractivity contribution in [3.05, 3.63) is 0 Å². The first-order valence-corrected chi connectivity index (χ1v) is 9.64. The average molecular weight is 446 g/mol. The molecule has 0 spiro atoms. The summed E-state index contributed by atoms with van der Waals surface area (Å²) in [5.41, 5.74) is 0. The van der Waals surface area contributed by atoms with Gasteiger partial charge in [-0.15, -0.1) is 24.0 Å². The van der Waals surface area contributed by atoms with E-state index in [-0.39, 0.29) is 36.3 Å². The number of hydrogen-bond donors (Lipinski definition) is 3. The van der Waals surface area contributed by atoms with Crippen LogP contribution in [0.2, 0.25) is 0 Å². The predicted molar refractivity (Wildman–Crippen MR) is 103 cm³/mol. The minimum absolute atomic E-state index is 0. The highest BCUT2D eigenvalue weighted by molar-refractivity contribution is 14.0. The molecule has 0 aromatic carbocycles. The first-order valence-electron chi connectivity index (χ1n) is 7.99. The molecule has 0 saturated heterocycles.